The Morgan fingerprint density at radius 3 is 1.86 bits per heavy atom. The molecule has 0 saturated carbocycles. The highest BCUT2D eigenvalue weighted by molar-refractivity contribution is 6.74. The van der Waals surface area contributed by atoms with Gasteiger partial charge in [-0.3, -0.25) is 0 Å². The van der Waals surface area contributed by atoms with Crippen molar-refractivity contribution in [3.63, 3.8) is 0 Å². The fraction of sp³-hybridized carbons (Fsp3) is 1.00. The Bertz CT molecular complexity index is 374. The summed E-state index contributed by atoms with van der Waals surface area (Å²) in [4.78, 5) is 0. The number of hydrogen-bond acceptors (Lipinski definition) is 4. The van der Waals surface area contributed by atoms with Gasteiger partial charge in [0.25, 0.3) is 0 Å². The fourth-order valence-corrected chi connectivity index (χ4v) is 3.06. The quantitative estimate of drug-likeness (QED) is 0.782. The third-order valence-electron chi connectivity index (χ3n) is 5.65. The zero-order valence-corrected chi connectivity index (χ0v) is 17.1. The number of aliphatic hydroxyl groups excluding tert-OH is 1. The zero-order valence-electron chi connectivity index (χ0n) is 16.1. The Kier molecular flexibility index (Phi) is 5.69. The Hall–Kier alpha value is 0.122. The van der Waals surface area contributed by atoms with Crippen LogP contribution in [0.2, 0.25) is 18.1 Å². The molecule has 0 aromatic carbocycles. The van der Waals surface area contributed by atoms with E-state index in [-0.39, 0.29) is 11.0 Å². The molecule has 0 unspecified atom stereocenters. The standard InChI is InChI=1S/C16H35BO4Si/c1-12(11-19-22(9,10)14(2,3)4)13(18)17-20-15(5,6)16(7,8)21-17/h12-13,18H,11H2,1-10H3/t12-,13-/m1/s1. The van der Waals surface area contributed by atoms with Crippen LogP contribution in [0.5, 0.6) is 0 Å². The fourth-order valence-electron chi connectivity index (χ4n) is 1.95. The van der Waals surface area contributed by atoms with Gasteiger partial charge in [0.15, 0.2) is 8.32 Å². The summed E-state index contributed by atoms with van der Waals surface area (Å²) >= 11 is 0. The minimum Gasteiger partial charge on any atom is -0.416 e. The molecule has 130 valence electrons. The van der Waals surface area contributed by atoms with Crippen LogP contribution in [0, 0.1) is 5.92 Å². The van der Waals surface area contributed by atoms with E-state index < -0.39 is 32.6 Å². The molecule has 1 rings (SSSR count). The molecule has 0 bridgehead atoms. The topological polar surface area (TPSA) is 47.9 Å². The van der Waals surface area contributed by atoms with Crippen LogP contribution in [0.3, 0.4) is 0 Å². The summed E-state index contributed by atoms with van der Waals surface area (Å²) in [5.74, 6) is -0.0381. The molecule has 22 heavy (non-hydrogen) atoms. The summed E-state index contributed by atoms with van der Waals surface area (Å²) < 4.78 is 18.1. The predicted octanol–water partition coefficient (Wildman–Crippen LogP) is 3.64. The van der Waals surface area contributed by atoms with Crippen molar-refractivity contribution in [1.82, 2.24) is 0 Å². The lowest BCUT2D eigenvalue weighted by atomic mass is 9.74. The summed E-state index contributed by atoms with van der Waals surface area (Å²) in [5.41, 5.74) is -0.836. The second-order valence-electron chi connectivity index (χ2n) is 9.16. The maximum absolute atomic E-state index is 10.6. The average molecular weight is 330 g/mol. The summed E-state index contributed by atoms with van der Waals surface area (Å²) in [6, 6.07) is -0.689. The van der Waals surface area contributed by atoms with Crippen LogP contribution in [0.25, 0.3) is 0 Å². The van der Waals surface area contributed by atoms with Crippen LogP contribution in [0.4, 0.5) is 0 Å². The largest absolute Gasteiger partial charge is 0.489 e. The molecule has 1 aliphatic heterocycles. The van der Waals surface area contributed by atoms with E-state index in [9.17, 15) is 5.11 Å². The molecule has 1 fully saturated rings. The van der Waals surface area contributed by atoms with Crippen molar-refractivity contribution in [3.8, 4) is 0 Å². The van der Waals surface area contributed by atoms with Gasteiger partial charge in [-0.2, -0.15) is 0 Å². The normalized spacial score (nSPS) is 24.4. The van der Waals surface area contributed by atoms with Crippen LogP contribution in [0.15, 0.2) is 0 Å². The average Bonchev–Trinajstić information content (AvgIpc) is 2.53. The third-order valence-corrected chi connectivity index (χ3v) is 10.1. The molecule has 4 nitrogen and oxygen atoms in total. The molecular formula is C16H35BO4Si. The predicted molar refractivity (Wildman–Crippen MR) is 94.4 cm³/mol. The number of rotatable bonds is 5. The van der Waals surface area contributed by atoms with E-state index in [1.807, 2.05) is 34.6 Å². The van der Waals surface area contributed by atoms with Gasteiger partial charge in [-0.05, 0) is 45.8 Å². The first-order chi connectivity index (χ1) is 9.61. The van der Waals surface area contributed by atoms with Gasteiger partial charge in [0.05, 0.1) is 17.2 Å². The molecule has 0 spiro atoms. The van der Waals surface area contributed by atoms with E-state index in [0.29, 0.717) is 6.61 Å². The van der Waals surface area contributed by atoms with Gasteiger partial charge >= 0.3 is 7.12 Å². The van der Waals surface area contributed by atoms with E-state index in [1.54, 1.807) is 0 Å². The van der Waals surface area contributed by atoms with Crippen LogP contribution >= 0.6 is 0 Å². The highest BCUT2D eigenvalue weighted by Gasteiger charge is 2.54. The maximum atomic E-state index is 10.6. The molecule has 1 saturated heterocycles. The molecule has 0 aliphatic carbocycles. The van der Waals surface area contributed by atoms with Crippen molar-refractivity contribution in [1.29, 1.82) is 0 Å². The van der Waals surface area contributed by atoms with Crippen molar-refractivity contribution < 1.29 is 18.8 Å². The van der Waals surface area contributed by atoms with Gasteiger partial charge < -0.3 is 18.8 Å². The zero-order chi connectivity index (χ0) is 17.6. The molecular weight excluding hydrogens is 295 g/mol. The first-order valence-electron chi connectivity index (χ1n) is 8.28. The second-order valence-corrected chi connectivity index (χ2v) is 14.0. The van der Waals surface area contributed by atoms with E-state index >= 15 is 0 Å². The highest BCUT2D eigenvalue weighted by Crippen LogP contribution is 2.39. The Labute approximate surface area is 138 Å². The monoisotopic (exact) mass is 330 g/mol. The lowest BCUT2D eigenvalue weighted by molar-refractivity contribution is 0.00578. The van der Waals surface area contributed by atoms with Crippen molar-refractivity contribution in [2.75, 3.05) is 6.61 Å². The van der Waals surface area contributed by atoms with Crippen LogP contribution < -0.4 is 0 Å². The van der Waals surface area contributed by atoms with Crippen molar-refractivity contribution >= 4 is 15.4 Å². The molecule has 1 heterocycles. The molecule has 1 N–H and O–H groups in total. The first kappa shape index (κ1) is 20.2. The van der Waals surface area contributed by atoms with Gasteiger partial charge in [-0.25, -0.2) is 0 Å². The van der Waals surface area contributed by atoms with Gasteiger partial charge in [-0.1, -0.05) is 27.7 Å². The van der Waals surface area contributed by atoms with Gasteiger partial charge in [0.1, 0.15) is 0 Å². The Morgan fingerprint density at radius 1 is 1.09 bits per heavy atom. The Morgan fingerprint density at radius 2 is 1.50 bits per heavy atom. The molecule has 1 aliphatic rings. The minimum absolute atomic E-state index is 0.0381. The number of hydrogen-bond donors (Lipinski definition) is 1. The molecule has 0 radical (unpaired) electrons. The van der Waals surface area contributed by atoms with Gasteiger partial charge in [0.2, 0.25) is 0 Å². The van der Waals surface area contributed by atoms with Gasteiger partial charge in [-0.15, -0.1) is 0 Å². The van der Waals surface area contributed by atoms with Crippen LogP contribution in [-0.4, -0.2) is 44.4 Å². The summed E-state index contributed by atoms with van der Waals surface area (Å²) in [7, 11) is -2.40. The van der Waals surface area contributed by atoms with E-state index in [2.05, 4.69) is 33.9 Å². The summed E-state index contributed by atoms with van der Waals surface area (Å²) in [6.07, 6.45) is 0. The smallest absolute Gasteiger partial charge is 0.416 e. The second kappa shape index (κ2) is 6.21. The maximum Gasteiger partial charge on any atom is 0.489 e. The molecule has 0 aromatic heterocycles. The van der Waals surface area contributed by atoms with Crippen molar-refractivity contribution in [2.24, 2.45) is 5.92 Å². The highest BCUT2D eigenvalue weighted by atomic mass is 28.4. The van der Waals surface area contributed by atoms with E-state index in [0.717, 1.165) is 0 Å². The van der Waals surface area contributed by atoms with Crippen LogP contribution in [0.1, 0.15) is 55.4 Å². The molecule has 0 amide bonds. The molecule has 2 atom stereocenters. The van der Waals surface area contributed by atoms with Crippen molar-refractivity contribution in [2.45, 2.75) is 90.7 Å². The summed E-state index contributed by atoms with van der Waals surface area (Å²) in [6.45, 7) is 21.6. The first-order valence-corrected chi connectivity index (χ1v) is 11.2. The third kappa shape index (κ3) is 4.15. The minimum atomic E-state index is -1.80. The SMILES string of the molecule is C[C@H](CO[Si](C)(C)C(C)(C)C)[C@@H](O)B1OC(C)(C)C(C)(C)O1. The summed E-state index contributed by atoms with van der Waals surface area (Å²) in [5, 5.41) is 10.7. The van der Waals surface area contributed by atoms with E-state index in [4.69, 9.17) is 13.7 Å². The Balaban J connectivity index is 2.63. The molecule has 0 aromatic rings. The van der Waals surface area contributed by atoms with Crippen LogP contribution in [-0.2, 0) is 13.7 Å². The van der Waals surface area contributed by atoms with Gasteiger partial charge in [0, 0.05) is 12.5 Å². The lowest BCUT2D eigenvalue weighted by Crippen LogP contribution is -2.45. The molecule has 6 heteroatoms. The lowest BCUT2D eigenvalue weighted by Gasteiger charge is -2.37. The van der Waals surface area contributed by atoms with E-state index in [1.165, 1.54) is 0 Å². The van der Waals surface area contributed by atoms with Crippen molar-refractivity contribution in [3.05, 3.63) is 0 Å². The number of aliphatic hydroxyl groups is 1.